The van der Waals surface area contributed by atoms with Gasteiger partial charge in [0, 0.05) is 5.92 Å². The second-order valence-electron chi connectivity index (χ2n) is 4.40. The molecule has 0 amide bonds. The van der Waals surface area contributed by atoms with E-state index in [2.05, 4.69) is 0 Å². The Labute approximate surface area is 99.6 Å². The summed E-state index contributed by atoms with van der Waals surface area (Å²) in [5, 5.41) is -0.211. The highest BCUT2D eigenvalue weighted by Gasteiger charge is 2.25. The number of carbonyl (C=O) groups excluding carboxylic acids is 1. The quantitative estimate of drug-likeness (QED) is 0.718. The van der Waals surface area contributed by atoms with E-state index in [0.717, 1.165) is 25.7 Å². The highest BCUT2D eigenvalue weighted by atomic mass is 35.5. The van der Waals surface area contributed by atoms with Crippen LogP contribution in [0.4, 0.5) is 4.39 Å². The van der Waals surface area contributed by atoms with E-state index in [0.29, 0.717) is 5.92 Å². The first kappa shape index (κ1) is 11.6. The molecule has 1 aromatic rings. The third-order valence-electron chi connectivity index (χ3n) is 3.39. The van der Waals surface area contributed by atoms with Crippen molar-refractivity contribution in [2.24, 2.45) is 5.92 Å². The lowest BCUT2D eigenvalue weighted by Gasteiger charge is -2.26. The maximum absolute atomic E-state index is 12.8. The Balaban J connectivity index is 1.99. The number of rotatable bonds is 2. The van der Waals surface area contributed by atoms with Crippen LogP contribution in [-0.2, 0) is 4.79 Å². The Morgan fingerprint density at radius 1 is 1.12 bits per heavy atom. The van der Waals surface area contributed by atoms with Gasteiger partial charge in [-0.3, -0.25) is 4.79 Å². The van der Waals surface area contributed by atoms with E-state index in [4.69, 9.17) is 11.6 Å². The monoisotopic (exact) mass is 240 g/mol. The molecule has 1 aliphatic rings. The lowest BCUT2D eigenvalue weighted by Crippen LogP contribution is -2.17. The minimum atomic E-state index is -0.211. The van der Waals surface area contributed by atoms with Gasteiger partial charge in [0.15, 0.2) is 0 Å². The fourth-order valence-electron chi connectivity index (χ4n) is 2.39. The third-order valence-corrected chi connectivity index (χ3v) is 3.70. The standard InChI is InChI=1S/C13H14ClFO/c14-13(16)11-3-1-9(2-4-11)10-5-7-12(15)8-6-10/h5-9,11H,1-4H2. The highest BCUT2D eigenvalue weighted by molar-refractivity contribution is 6.63. The van der Waals surface area contributed by atoms with Crippen molar-refractivity contribution in [1.29, 1.82) is 0 Å². The van der Waals surface area contributed by atoms with Crippen molar-refractivity contribution in [3.05, 3.63) is 35.6 Å². The molecule has 0 N–H and O–H groups in total. The van der Waals surface area contributed by atoms with Crippen molar-refractivity contribution in [2.45, 2.75) is 31.6 Å². The molecule has 0 saturated heterocycles. The largest absolute Gasteiger partial charge is 0.281 e. The zero-order valence-electron chi connectivity index (χ0n) is 8.96. The number of benzene rings is 1. The fraction of sp³-hybridized carbons (Fsp3) is 0.462. The summed E-state index contributed by atoms with van der Waals surface area (Å²) in [4.78, 5) is 11.0. The van der Waals surface area contributed by atoms with E-state index in [9.17, 15) is 9.18 Å². The van der Waals surface area contributed by atoms with Gasteiger partial charge in [0.2, 0.25) is 5.24 Å². The van der Waals surface area contributed by atoms with Crippen molar-refractivity contribution >= 4 is 16.8 Å². The highest BCUT2D eigenvalue weighted by Crippen LogP contribution is 2.36. The molecule has 3 heteroatoms. The molecule has 0 bridgehead atoms. The Morgan fingerprint density at radius 3 is 2.19 bits per heavy atom. The van der Waals surface area contributed by atoms with Crippen LogP contribution in [0.3, 0.4) is 0 Å². The van der Waals surface area contributed by atoms with Crippen LogP contribution in [0.15, 0.2) is 24.3 Å². The molecule has 0 aromatic heterocycles. The lowest BCUT2D eigenvalue weighted by molar-refractivity contribution is -0.116. The minimum Gasteiger partial charge on any atom is -0.281 e. The van der Waals surface area contributed by atoms with E-state index < -0.39 is 0 Å². The summed E-state index contributed by atoms with van der Waals surface area (Å²) in [6.07, 6.45) is 3.64. The predicted octanol–water partition coefficient (Wildman–Crippen LogP) is 3.86. The molecule has 0 spiro atoms. The van der Waals surface area contributed by atoms with Crippen molar-refractivity contribution in [2.75, 3.05) is 0 Å². The van der Waals surface area contributed by atoms with Crippen LogP contribution < -0.4 is 0 Å². The molecule has 1 aromatic carbocycles. The Bertz CT molecular complexity index is 366. The molecule has 1 nitrogen and oxygen atoms in total. The number of hydrogen-bond donors (Lipinski definition) is 0. The second kappa shape index (κ2) is 4.96. The molecule has 2 rings (SSSR count). The van der Waals surface area contributed by atoms with Crippen molar-refractivity contribution in [3.8, 4) is 0 Å². The minimum absolute atomic E-state index is 0.0263. The molecule has 1 saturated carbocycles. The fourth-order valence-corrected chi connectivity index (χ4v) is 2.61. The molecule has 0 aliphatic heterocycles. The van der Waals surface area contributed by atoms with E-state index >= 15 is 0 Å². The molecular weight excluding hydrogens is 227 g/mol. The topological polar surface area (TPSA) is 17.1 Å². The summed E-state index contributed by atoms with van der Waals surface area (Å²) in [5.74, 6) is 0.277. The van der Waals surface area contributed by atoms with Crippen LogP contribution in [0.2, 0.25) is 0 Å². The Morgan fingerprint density at radius 2 is 1.69 bits per heavy atom. The van der Waals surface area contributed by atoms with Gasteiger partial charge < -0.3 is 0 Å². The van der Waals surface area contributed by atoms with Gasteiger partial charge in [0.25, 0.3) is 0 Å². The first-order valence-electron chi connectivity index (χ1n) is 5.61. The van der Waals surface area contributed by atoms with Crippen LogP contribution in [0.25, 0.3) is 0 Å². The maximum Gasteiger partial charge on any atom is 0.224 e. The van der Waals surface area contributed by atoms with Crippen LogP contribution in [-0.4, -0.2) is 5.24 Å². The van der Waals surface area contributed by atoms with Crippen molar-refractivity contribution in [3.63, 3.8) is 0 Å². The number of halogens is 2. The van der Waals surface area contributed by atoms with Gasteiger partial charge in [-0.1, -0.05) is 12.1 Å². The predicted molar refractivity (Wildman–Crippen MR) is 62.0 cm³/mol. The van der Waals surface area contributed by atoms with Gasteiger partial charge in [-0.25, -0.2) is 4.39 Å². The zero-order chi connectivity index (χ0) is 11.5. The van der Waals surface area contributed by atoms with Gasteiger partial charge in [-0.2, -0.15) is 0 Å². The molecule has 1 aliphatic carbocycles. The summed E-state index contributed by atoms with van der Waals surface area (Å²) in [7, 11) is 0. The first-order chi connectivity index (χ1) is 7.66. The van der Waals surface area contributed by atoms with E-state index in [1.165, 1.54) is 17.7 Å². The van der Waals surface area contributed by atoms with Crippen LogP contribution in [0, 0.1) is 11.7 Å². The van der Waals surface area contributed by atoms with E-state index in [-0.39, 0.29) is 17.0 Å². The number of hydrogen-bond acceptors (Lipinski definition) is 1. The van der Waals surface area contributed by atoms with E-state index in [1.54, 1.807) is 0 Å². The van der Waals surface area contributed by atoms with Gasteiger partial charge >= 0.3 is 0 Å². The summed E-state index contributed by atoms with van der Waals surface area (Å²) in [6.45, 7) is 0. The maximum atomic E-state index is 12.8. The summed E-state index contributed by atoms with van der Waals surface area (Å²) in [6, 6.07) is 6.66. The molecule has 0 unspecified atom stereocenters. The SMILES string of the molecule is O=C(Cl)C1CCC(c2ccc(F)cc2)CC1. The van der Waals surface area contributed by atoms with Crippen LogP contribution in [0.5, 0.6) is 0 Å². The molecular formula is C13H14ClFO. The molecule has 1 fully saturated rings. The Hall–Kier alpha value is -0.890. The van der Waals surface area contributed by atoms with Crippen molar-refractivity contribution in [1.82, 2.24) is 0 Å². The van der Waals surface area contributed by atoms with Crippen LogP contribution in [0.1, 0.15) is 37.2 Å². The molecule has 86 valence electrons. The normalized spacial score (nSPS) is 25.4. The van der Waals surface area contributed by atoms with Gasteiger partial charge in [0.1, 0.15) is 5.82 Å². The summed E-state index contributed by atoms with van der Waals surface area (Å²) < 4.78 is 12.8. The molecule has 0 atom stereocenters. The second-order valence-corrected chi connectivity index (χ2v) is 4.78. The van der Waals surface area contributed by atoms with Gasteiger partial charge in [-0.05, 0) is 60.9 Å². The molecule has 0 heterocycles. The average Bonchev–Trinajstić information content (AvgIpc) is 2.30. The third kappa shape index (κ3) is 2.62. The van der Waals surface area contributed by atoms with Gasteiger partial charge in [0.05, 0.1) is 0 Å². The Kier molecular flexibility index (Phi) is 3.59. The molecule has 0 radical (unpaired) electrons. The van der Waals surface area contributed by atoms with Gasteiger partial charge in [-0.15, -0.1) is 0 Å². The lowest BCUT2D eigenvalue weighted by atomic mass is 9.79. The van der Waals surface area contributed by atoms with Crippen molar-refractivity contribution < 1.29 is 9.18 Å². The molecule has 16 heavy (non-hydrogen) atoms. The average molecular weight is 241 g/mol. The summed E-state index contributed by atoms with van der Waals surface area (Å²) in [5.41, 5.74) is 1.17. The zero-order valence-corrected chi connectivity index (χ0v) is 9.71. The summed E-state index contributed by atoms with van der Waals surface area (Å²) >= 11 is 5.48. The van der Waals surface area contributed by atoms with Crippen LogP contribution >= 0.6 is 11.6 Å². The number of carbonyl (C=O) groups is 1. The van der Waals surface area contributed by atoms with E-state index in [1.807, 2.05) is 12.1 Å². The smallest absolute Gasteiger partial charge is 0.224 e. The first-order valence-corrected chi connectivity index (χ1v) is 5.99.